The largest absolute Gasteiger partial charge is 0.351 e. The maximum Gasteiger partial charge on any atom is 0.233 e. The minimum Gasteiger partial charge on any atom is -0.351 e. The predicted octanol–water partition coefficient (Wildman–Crippen LogP) is 1.57. The summed E-state index contributed by atoms with van der Waals surface area (Å²) in [7, 11) is -1.14. The molecule has 1 amide bonds. The number of hydrogen-bond acceptors (Lipinski definition) is 6. The summed E-state index contributed by atoms with van der Waals surface area (Å²) in [6, 6.07) is 7.64. The van der Waals surface area contributed by atoms with Crippen LogP contribution in [0.2, 0.25) is 0 Å². The summed E-state index contributed by atoms with van der Waals surface area (Å²) in [4.78, 5) is 12.4. The Kier molecular flexibility index (Phi) is 5.38. The van der Waals surface area contributed by atoms with E-state index in [-0.39, 0.29) is 23.5 Å². The highest BCUT2D eigenvalue weighted by atomic mass is 32.2. The summed E-state index contributed by atoms with van der Waals surface area (Å²) in [6.07, 6.45) is 0.479. The second kappa shape index (κ2) is 7.40. The number of hydrogen-bond donors (Lipinski definition) is 1. The molecule has 26 heavy (non-hydrogen) atoms. The normalized spacial score (nSPS) is 20.0. The first-order valence-corrected chi connectivity index (χ1v) is 11.1. The van der Waals surface area contributed by atoms with Gasteiger partial charge in [0.1, 0.15) is 0 Å². The molecular weight excluding hydrogens is 372 g/mol. The van der Waals surface area contributed by atoms with Crippen molar-refractivity contribution in [1.82, 2.24) is 20.1 Å². The quantitative estimate of drug-likeness (QED) is 0.774. The highest BCUT2D eigenvalue weighted by Gasteiger charge is 2.30. The van der Waals surface area contributed by atoms with Crippen molar-refractivity contribution in [3.63, 3.8) is 0 Å². The molecule has 1 N–H and O–H groups in total. The summed E-state index contributed by atoms with van der Waals surface area (Å²) < 4.78 is 24.9. The number of nitrogens with one attached hydrogen (secondary N) is 1. The number of carbonyl (C=O) groups is 1. The van der Waals surface area contributed by atoms with Crippen LogP contribution in [0, 0.1) is 6.92 Å². The van der Waals surface area contributed by atoms with E-state index in [1.54, 1.807) is 6.92 Å². The summed E-state index contributed by atoms with van der Waals surface area (Å²) in [6.45, 7) is 3.80. The number of sulfone groups is 1. The molecule has 1 saturated heterocycles. The van der Waals surface area contributed by atoms with Crippen LogP contribution in [0.4, 0.5) is 0 Å². The van der Waals surface area contributed by atoms with Crippen molar-refractivity contribution in [3.05, 3.63) is 29.8 Å². The molecular formula is C17H22N4O3S2. The SMILES string of the molecule is Cc1ccccc1-c1nnc(S[C@H](C)C(=O)N[C@H]2CCS(=O)(=O)C2)n1C. The number of thioether (sulfide) groups is 1. The minimum atomic E-state index is -3.01. The topological polar surface area (TPSA) is 94.0 Å². The second-order valence-electron chi connectivity index (χ2n) is 6.55. The lowest BCUT2D eigenvalue weighted by atomic mass is 10.1. The molecule has 0 bridgehead atoms. The van der Waals surface area contributed by atoms with Gasteiger partial charge in [-0.15, -0.1) is 10.2 Å². The van der Waals surface area contributed by atoms with Crippen molar-refractivity contribution in [2.75, 3.05) is 11.5 Å². The number of aryl methyl sites for hydroxylation is 1. The fraction of sp³-hybridized carbons (Fsp3) is 0.471. The standard InChI is InChI=1S/C17H22N4O3S2/c1-11-6-4-5-7-14(11)15-19-20-17(21(15)3)25-12(2)16(22)18-13-8-9-26(23,24)10-13/h4-7,12-13H,8-10H2,1-3H3,(H,18,22)/t12-,13+/m1/s1. The van der Waals surface area contributed by atoms with E-state index in [1.807, 2.05) is 42.8 Å². The Bertz CT molecular complexity index is 924. The average Bonchev–Trinajstić information content (AvgIpc) is 3.10. The molecule has 9 heteroatoms. The molecule has 2 atom stereocenters. The van der Waals surface area contributed by atoms with Gasteiger partial charge in [-0.3, -0.25) is 4.79 Å². The summed E-state index contributed by atoms with van der Waals surface area (Å²) in [5, 5.41) is 11.5. The van der Waals surface area contributed by atoms with Gasteiger partial charge in [0, 0.05) is 18.7 Å². The summed E-state index contributed by atoms with van der Waals surface area (Å²) in [5.41, 5.74) is 2.11. The third kappa shape index (κ3) is 4.09. The molecule has 0 unspecified atom stereocenters. The average molecular weight is 395 g/mol. The Balaban J connectivity index is 1.67. The summed E-state index contributed by atoms with van der Waals surface area (Å²) in [5.74, 6) is 0.734. The predicted molar refractivity (Wildman–Crippen MR) is 102 cm³/mol. The number of benzene rings is 1. The molecule has 3 rings (SSSR count). The fourth-order valence-corrected chi connectivity index (χ4v) is 5.41. The van der Waals surface area contributed by atoms with Gasteiger partial charge in [-0.25, -0.2) is 8.42 Å². The van der Waals surface area contributed by atoms with Crippen LogP contribution in [-0.4, -0.2) is 51.9 Å². The van der Waals surface area contributed by atoms with E-state index in [4.69, 9.17) is 0 Å². The van der Waals surface area contributed by atoms with Gasteiger partial charge >= 0.3 is 0 Å². The molecule has 140 valence electrons. The zero-order chi connectivity index (χ0) is 18.9. The lowest BCUT2D eigenvalue weighted by molar-refractivity contribution is -0.120. The Labute approximate surface area is 157 Å². The van der Waals surface area contributed by atoms with E-state index < -0.39 is 15.1 Å². The molecule has 1 aliphatic rings. The molecule has 2 aromatic rings. The van der Waals surface area contributed by atoms with E-state index >= 15 is 0 Å². The fourth-order valence-electron chi connectivity index (χ4n) is 2.91. The van der Waals surface area contributed by atoms with Gasteiger partial charge in [0.05, 0.1) is 16.8 Å². The van der Waals surface area contributed by atoms with E-state index in [0.717, 1.165) is 17.0 Å². The Hall–Kier alpha value is -1.87. The molecule has 0 aliphatic carbocycles. The highest BCUT2D eigenvalue weighted by Crippen LogP contribution is 2.27. The highest BCUT2D eigenvalue weighted by molar-refractivity contribution is 8.00. The molecule has 1 aromatic heterocycles. The van der Waals surface area contributed by atoms with Crippen LogP contribution in [0.25, 0.3) is 11.4 Å². The van der Waals surface area contributed by atoms with Crippen molar-refractivity contribution >= 4 is 27.5 Å². The van der Waals surface area contributed by atoms with Crippen molar-refractivity contribution < 1.29 is 13.2 Å². The van der Waals surface area contributed by atoms with E-state index in [0.29, 0.717) is 11.6 Å². The first-order chi connectivity index (χ1) is 12.3. The molecule has 1 aromatic carbocycles. The van der Waals surface area contributed by atoms with Gasteiger partial charge in [0.25, 0.3) is 0 Å². The van der Waals surface area contributed by atoms with Crippen LogP contribution in [0.3, 0.4) is 0 Å². The van der Waals surface area contributed by atoms with Crippen molar-refractivity contribution in [3.8, 4) is 11.4 Å². The van der Waals surface area contributed by atoms with Crippen LogP contribution >= 0.6 is 11.8 Å². The minimum absolute atomic E-state index is 0.0253. The van der Waals surface area contributed by atoms with Gasteiger partial charge in [-0.2, -0.15) is 0 Å². The molecule has 1 aliphatic heterocycles. The smallest absolute Gasteiger partial charge is 0.233 e. The third-order valence-electron chi connectivity index (χ3n) is 4.45. The van der Waals surface area contributed by atoms with Gasteiger partial charge in [-0.05, 0) is 25.8 Å². The molecule has 1 fully saturated rings. The van der Waals surface area contributed by atoms with E-state index in [2.05, 4.69) is 15.5 Å². The van der Waals surface area contributed by atoms with Gasteiger partial charge in [0.2, 0.25) is 5.91 Å². The number of aromatic nitrogens is 3. The first kappa shape index (κ1) is 18.9. The zero-order valence-corrected chi connectivity index (χ0v) is 16.6. The Morgan fingerprint density at radius 1 is 1.35 bits per heavy atom. The number of amides is 1. The first-order valence-electron chi connectivity index (χ1n) is 8.39. The van der Waals surface area contributed by atoms with Gasteiger partial charge in [0.15, 0.2) is 20.8 Å². The van der Waals surface area contributed by atoms with Crippen molar-refractivity contribution in [2.24, 2.45) is 7.05 Å². The van der Waals surface area contributed by atoms with Gasteiger partial charge < -0.3 is 9.88 Å². The Morgan fingerprint density at radius 2 is 2.08 bits per heavy atom. The number of carbonyl (C=O) groups excluding carboxylic acids is 1. The second-order valence-corrected chi connectivity index (χ2v) is 10.1. The third-order valence-corrected chi connectivity index (χ3v) is 7.35. The van der Waals surface area contributed by atoms with Crippen LogP contribution in [-0.2, 0) is 21.7 Å². The molecule has 2 heterocycles. The van der Waals surface area contributed by atoms with Crippen LogP contribution in [0.15, 0.2) is 29.4 Å². The maximum atomic E-state index is 12.4. The molecule has 0 radical (unpaired) electrons. The number of rotatable bonds is 5. The lowest BCUT2D eigenvalue weighted by Crippen LogP contribution is -2.40. The van der Waals surface area contributed by atoms with E-state index in [1.165, 1.54) is 11.8 Å². The Morgan fingerprint density at radius 3 is 2.73 bits per heavy atom. The van der Waals surface area contributed by atoms with Crippen molar-refractivity contribution in [1.29, 1.82) is 0 Å². The van der Waals surface area contributed by atoms with Crippen LogP contribution < -0.4 is 5.32 Å². The maximum absolute atomic E-state index is 12.4. The molecule has 0 spiro atoms. The summed E-state index contributed by atoms with van der Waals surface area (Å²) >= 11 is 1.31. The molecule has 0 saturated carbocycles. The number of nitrogens with zero attached hydrogens (tertiary/aromatic N) is 3. The van der Waals surface area contributed by atoms with Crippen LogP contribution in [0.1, 0.15) is 18.9 Å². The molecule has 7 nitrogen and oxygen atoms in total. The zero-order valence-electron chi connectivity index (χ0n) is 15.0. The van der Waals surface area contributed by atoms with Gasteiger partial charge in [-0.1, -0.05) is 36.0 Å². The van der Waals surface area contributed by atoms with Crippen molar-refractivity contribution in [2.45, 2.75) is 36.7 Å². The van der Waals surface area contributed by atoms with E-state index in [9.17, 15) is 13.2 Å². The van der Waals surface area contributed by atoms with Crippen LogP contribution in [0.5, 0.6) is 0 Å². The monoisotopic (exact) mass is 394 g/mol. The lowest BCUT2D eigenvalue weighted by Gasteiger charge is -2.15.